The van der Waals surface area contributed by atoms with Gasteiger partial charge in [-0.15, -0.1) is 0 Å². The lowest BCUT2D eigenvalue weighted by Crippen LogP contribution is -2.52. The fourth-order valence-electron chi connectivity index (χ4n) is 1.90. The van der Waals surface area contributed by atoms with Gasteiger partial charge in [-0.2, -0.15) is 4.57 Å². The molecule has 0 fully saturated rings. The molecule has 1 aliphatic rings. The summed E-state index contributed by atoms with van der Waals surface area (Å²) >= 11 is 1.66. The molecule has 0 saturated carbocycles. The average molecular weight is 207 g/mol. The van der Waals surface area contributed by atoms with Gasteiger partial charge in [-0.25, -0.2) is 4.98 Å². The Balaban J connectivity index is 2.41. The Labute approximate surface area is 85.8 Å². The molecule has 2 aromatic rings. The highest BCUT2D eigenvalue weighted by molar-refractivity contribution is 7.99. The SMILES string of the molecule is CC1(O)CSc2[nH]c3ccccc3[n+]21. The number of nitrogens with one attached hydrogen (secondary N) is 1. The van der Waals surface area contributed by atoms with Crippen molar-refractivity contribution in [2.45, 2.75) is 17.8 Å². The molecule has 1 unspecified atom stereocenters. The predicted octanol–water partition coefficient (Wildman–Crippen LogP) is 1.23. The van der Waals surface area contributed by atoms with Crippen LogP contribution in [0, 0.1) is 0 Å². The van der Waals surface area contributed by atoms with Crippen LogP contribution in [0.1, 0.15) is 6.92 Å². The lowest BCUT2D eigenvalue weighted by atomic mass is 10.2. The summed E-state index contributed by atoms with van der Waals surface area (Å²) < 4.78 is 1.97. The summed E-state index contributed by atoms with van der Waals surface area (Å²) in [5.41, 5.74) is 1.38. The summed E-state index contributed by atoms with van der Waals surface area (Å²) in [6.07, 6.45) is 0. The number of rotatable bonds is 0. The van der Waals surface area contributed by atoms with Crippen molar-refractivity contribution in [2.75, 3.05) is 5.75 Å². The van der Waals surface area contributed by atoms with E-state index in [0.29, 0.717) is 5.75 Å². The fraction of sp³-hybridized carbons (Fsp3) is 0.300. The van der Waals surface area contributed by atoms with Gasteiger partial charge in [-0.05, 0) is 23.9 Å². The summed E-state index contributed by atoms with van der Waals surface area (Å²) in [6.45, 7) is 1.84. The molecule has 0 bridgehead atoms. The van der Waals surface area contributed by atoms with Gasteiger partial charge in [0.15, 0.2) is 11.0 Å². The molecule has 72 valence electrons. The maximum Gasteiger partial charge on any atom is 0.319 e. The number of para-hydroxylation sites is 2. The minimum absolute atomic E-state index is 0.712. The Kier molecular flexibility index (Phi) is 1.50. The van der Waals surface area contributed by atoms with Gasteiger partial charge in [-0.1, -0.05) is 12.1 Å². The van der Waals surface area contributed by atoms with E-state index < -0.39 is 5.72 Å². The van der Waals surface area contributed by atoms with Gasteiger partial charge in [0.2, 0.25) is 5.72 Å². The van der Waals surface area contributed by atoms with Crippen LogP contribution in [-0.4, -0.2) is 15.8 Å². The Morgan fingerprint density at radius 1 is 1.50 bits per heavy atom. The summed E-state index contributed by atoms with van der Waals surface area (Å²) in [4.78, 5) is 3.30. The average Bonchev–Trinajstić information content (AvgIpc) is 2.65. The Morgan fingerprint density at radius 2 is 2.29 bits per heavy atom. The smallest absolute Gasteiger partial charge is 0.319 e. The number of imidazole rings is 1. The van der Waals surface area contributed by atoms with Gasteiger partial charge in [0.25, 0.3) is 0 Å². The van der Waals surface area contributed by atoms with Crippen LogP contribution in [0.25, 0.3) is 11.0 Å². The largest absolute Gasteiger partial charge is 0.352 e. The molecule has 1 aromatic heterocycles. The van der Waals surface area contributed by atoms with Crippen molar-refractivity contribution in [3.05, 3.63) is 24.3 Å². The first-order valence-corrected chi connectivity index (χ1v) is 5.55. The molecule has 3 rings (SSSR count). The molecule has 1 atom stereocenters. The molecule has 2 heterocycles. The number of H-pyrrole nitrogens is 1. The number of thioether (sulfide) groups is 1. The Bertz CT molecular complexity index is 504. The first kappa shape index (κ1) is 8.32. The van der Waals surface area contributed by atoms with Crippen LogP contribution >= 0.6 is 11.8 Å². The molecule has 0 amide bonds. The molecule has 4 heteroatoms. The van der Waals surface area contributed by atoms with Crippen molar-refractivity contribution in [1.82, 2.24) is 4.98 Å². The van der Waals surface area contributed by atoms with E-state index in [0.717, 1.165) is 16.2 Å². The topological polar surface area (TPSA) is 39.9 Å². The van der Waals surface area contributed by atoms with Crippen molar-refractivity contribution < 1.29 is 9.67 Å². The van der Waals surface area contributed by atoms with E-state index in [2.05, 4.69) is 4.98 Å². The van der Waals surface area contributed by atoms with Gasteiger partial charge >= 0.3 is 5.16 Å². The number of aromatic nitrogens is 2. The molecule has 1 aromatic carbocycles. The number of hydrogen-bond donors (Lipinski definition) is 2. The van der Waals surface area contributed by atoms with E-state index in [1.54, 1.807) is 11.8 Å². The molecule has 0 radical (unpaired) electrons. The van der Waals surface area contributed by atoms with Crippen LogP contribution in [-0.2, 0) is 5.72 Å². The van der Waals surface area contributed by atoms with Crippen LogP contribution in [0.15, 0.2) is 29.4 Å². The van der Waals surface area contributed by atoms with Gasteiger partial charge in [0.05, 0.1) is 5.75 Å². The molecular formula is C10H11N2OS+. The van der Waals surface area contributed by atoms with Crippen molar-refractivity contribution in [1.29, 1.82) is 0 Å². The van der Waals surface area contributed by atoms with Crippen LogP contribution in [0.3, 0.4) is 0 Å². The second kappa shape index (κ2) is 2.52. The van der Waals surface area contributed by atoms with Gasteiger partial charge in [-0.3, -0.25) is 0 Å². The van der Waals surface area contributed by atoms with Crippen molar-refractivity contribution in [2.24, 2.45) is 0 Å². The zero-order valence-electron chi connectivity index (χ0n) is 7.82. The number of fused-ring (bicyclic) bond motifs is 3. The number of hydrogen-bond acceptors (Lipinski definition) is 2. The minimum atomic E-state index is -0.764. The third-order valence-corrected chi connectivity index (χ3v) is 3.80. The highest BCUT2D eigenvalue weighted by atomic mass is 32.2. The van der Waals surface area contributed by atoms with E-state index in [4.69, 9.17) is 0 Å². The fourth-order valence-corrected chi connectivity index (χ4v) is 3.05. The van der Waals surface area contributed by atoms with E-state index in [1.165, 1.54) is 0 Å². The van der Waals surface area contributed by atoms with Gasteiger partial charge in [0, 0.05) is 6.92 Å². The van der Waals surface area contributed by atoms with Crippen LogP contribution in [0.5, 0.6) is 0 Å². The summed E-state index contributed by atoms with van der Waals surface area (Å²) in [7, 11) is 0. The third-order valence-electron chi connectivity index (χ3n) is 2.55. The van der Waals surface area contributed by atoms with Crippen LogP contribution in [0.2, 0.25) is 0 Å². The quantitative estimate of drug-likeness (QED) is 0.638. The number of benzene rings is 1. The first-order chi connectivity index (χ1) is 6.68. The zero-order chi connectivity index (χ0) is 9.76. The number of nitrogens with zero attached hydrogens (tertiary/aromatic N) is 1. The van der Waals surface area contributed by atoms with Crippen LogP contribution in [0.4, 0.5) is 0 Å². The second-order valence-corrected chi connectivity index (χ2v) is 4.75. The molecular weight excluding hydrogens is 196 g/mol. The monoisotopic (exact) mass is 207 g/mol. The Hall–Kier alpha value is -1.00. The highest BCUT2D eigenvalue weighted by Crippen LogP contribution is 2.30. The van der Waals surface area contributed by atoms with E-state index in [9.17, 15) is 5.11 Å². The molecule has 0 saturated heterocycles. The predicted molar refractivity (Wildman–Crippen MR) is 55.1 cm³/mol. The van der Waals surface area contributed by atoms with E-state index in [-0.39, 0.29) is 0 Å². The lowest BCUT2D eigenvalue weighted by molar-refractivity contribution is -0.800. The zero-order valence-corrected chi connectivity index (χ0v) is 8.64. The summed E-state index contributed by atoms with van der Waals surface area (Å²) in [6, 6.07) is 8.03. The maximum absolute atomic E-state index is 10.2. The number of aromatic amines is 1. The highest BCUT2D eigenvalue weighted by Gasteiger charge is 2.41. The maximum atomic E-state index is 10.2. The Morgan fingerprint density at radius 3 is 3.14 bits per heavy atom. The number of aliphatic hydroxyl groups is 1. The van der Waals surface area contributed by atoms with E-state index >= 15 is 0 Å². The van der Waals surface area contributed by atoms with E-state index in [1.807, 2.05) is 35.8 Å². The minimum Gasteiger partial charge on any atom is -0.352 e. The lowest BCUT2D eigenvalue weighted by Gasteiger charge is -2.12. The van der Waals surface area contributed by atoms with Gasteiger partial charge in [0.1, 0.15) is 0 Å². The van der Waals surface area contributed by atoms with Crippen LogP contribution < -0.4 is 4.57 Å². The molecule has 0 aliphatic carbocycles. The summed E-state index contributed by atoms with van der Waals surface area (Å²) in [5, 5.41) is 11.2. The van der Waals surface area contributed by atoms with Crippen molar-refractivity contribution in [3.8, 4) is 0 Å². The van der Waals surface area contributed by atoms with Crippen molar-refractivity contribution >= 4 is 22.8 Å². The third kappa shape index (κ3) is 0.952. The van der Waals surface area contributed by atoms with Gasteiger partial charge < -0.3 is 5.11 Å². The molecule has 0 spiro atoms. The summed E-state index contributed by atoms with van der Waals surface area (Å²) in [5.74, 6) is 0.712. The second-order valence-electron chi connectivity index (χ2n) is 3.79. The molecule has 14 heavy (non-hydrogen) atoms. The van der Waals surface area contributed by atoms with Crippen molar-refractivity contribution in [3.63, 3.8) is 0 Å². The first-order valence-electron chi connectivity index (χ1n) is 4.57. The standard InChI is InChI=1S/C10H10N2OS/c1-10(13)6-14-9-11-7-4-2-3-5-8(7)12(9)10/h2-5,13H,6H2,1H3/p+1. The normalized spacial score (nSPS) is 25.6. The molecule has 2 N–H and O–H groups in total. The molecule has 1 aliphatic heterocycles. The molecule has 3 nitrogen and oxygen atoms in total.